The molecule has 158 valence electrons. The van der Waals surface area contributed by atoms with E-state index < -0.39 is 5.97 Å². The van der Waals surface area contributed by atoms with E-state index in [-0.39, 0.29) is 12.4 Å². The molecule has 2 aromatic heterocycles. The Labute approximate surface area is 194 Å². The molecule has 31 heavy (non-hydrogen) atoms. The van der Waals surface area contributed by atoms with Crippen LogP contribution in [0.25, 0.3) is 10.1 Å². The van der Waals surface area contributed by atoms with Crippen LogP contribution in [0.3, 0.4) is 0 Å². The van der Waals surface area contributed by atoms with Gasteiger partial charge in [-0.25, -0.2) is 4.79 Å². The third-order valence-electron chi connectivity index (χ3n) is 5.22. The lowest BCUT2D eigenvalue weighted by molar-refractivity contribution is 0.0479. The molecule has 0 saturated carbocycles. The van der Waals surface area contributed by atoms with Gasteiger partial charge in [-0.3, -0.25) is 4.79 Å². The summed E-state index contributed by atoms with van der Waals surface area (Å²) in [6, 6.07) is 16.9. The minimum atomic E-state index is -0.593. The van der Waals surface area contributed by atoms with Crippen LogP contribution in [0.5, 0.6) is 0 Å². The maximum absolute atomic E-state index is 12.8. The van der Waals surface area contributed by atoms with E-state index in [1.807, 2.05) is 73.0 Å². The summed E-state index contributed by atoms with van der Waals surface area (Å²) in [6.07, 6.45) is 0. The number of aryl methyl sites for hydroxylation is 1. The van der Waals surface area contributed by atoms with Gasteiger partial charge in [-0.2, -0.15) is 0 Å². The topological polar surface area (TPSA) is 48.3 Å². The number of rotatable bonds is 6. The highest BCUT2D eigenvalue weighted by molar-refractivity contribution is 7.21. The molecule has 2 aromatic carbocycles. The summed E-state index contributed by atoms with van der Waals surface area (Å²) in [4.78, 5) is 25.6. The Morgan fingerprint density at radius 1 is 1.03 bits per heavy atom. The largest absolute Gasteiger partial charge is 0.453 e. The number of thiophene rings is 1. The minimum Gasteiger partial charge on any atom is -0.453 e. The van der Waals surface area contributed by atoms with Gasteiger partial charge in [0, 0.05) is 38.6 Å². The second-order valence-corrected chi connectivity index (χ2v) is 9.04. The van der Waals surface area contributed by atoms with Gasteiger partial charge in [0.05, 0.1) is 5.02 Å². The number of carbonyl (C=O) groups excluding carboxylic acids is 2. The summed E-state index contributed by atoms with van der Waals surface area (Å²) >= 11 is 13.9. The molecular weight excluding hydrogens is 453 g/mol. The maximum Gasteiger partial charge on any atom is 0.350 e. The zero-order valence-corrected chi connectivity index (χ0v) is 19.3. The molecule has 4 rings (SSSR count). The highest BCUT2D eigenvalue weighted by Gasteiger charge is 2.21. The van der Waals surface area contributed by atoms with E-state index in [4.69, 9.17) is 27.9 Å². The zero-order valence-electron chi connectivity index (χ0n) is 16.9. The fraction of sp³-hybridized carbons (Fsp3) is 0.167. The molecule has 0 atom stereocenters. The third-order valence-corrected chi connectivity index (χ3v) is 7.24. The van der Waals surface area contributed by atoms with Gasteiger partial charge < -0.3 is 9.30 Å². The second-order valence-electron chi connectivity index (χ2n) is 7.20. The summed E-state index contributed by atoms with van der Waals surface area (Å²) < 4.78 is 8.23. The van der Waals surface area contributed by atoms with E-state index in [9.17, 15) is 9.59 Å². The number of fused-ring (bicyclic) bond motifs is 1. The van der Waals surface area contributed by atoms with Crippen LogP contribution in [-0.2, 0) is 11.3 Å². The number of nitrogens with zero attached hydrogens (tertiary/aromatic N) is 1. The van der Waals surface area contributed by atoms with Gasteiger partial charge >= 0.3 is 5.97 Å². The van der Waals surface area contributed by atoms with Gasteiger partial charge in [0.15, 0.2) is 6.61 Å². The molecule has 0 amide bonds. The molecular formula is C24H19Cl2NO3S. The Bertz CT molecular complexity index is 1310. The molecule has 0 aliphatic rings. The van der Waals surface area contributed by atoms with Crippen molar-refractivity contribution < 1.29 is 14.3 Å². The van der Waals surface area contributed by atoms with E-state index in [0.29, 0.717) is 27.0 Å². The number of benzene rings is 2. The van der Waals surface area contributed by atoms with E-state index >= 15 is 0 Å². The molecule has 0 aliphatic carbocycles. The molecule has 0 N–H and O–H groups in total. The molecule has 0 radical (unpaired) electrons. The number of carbonyl (C=O) groups is 2. The number of halogens is 2. The van der Waals surface area contributed by atoms with Crippen LogP contribution in [0.15, 0.2) is 54.6 Å². The first kappa shape index (κ1) is 21.6. The lowest BCUT2D eigenvalue weighted by atomic mass is 10.1. The maximum atomic E-state index is 12.8. The number of hydrogen-bond donors (Lipinski definition) is 0. The SMILES string of the molecule is Cc1cc(C(=O)COC(=O)c2sc3ccccc3c2Cl)c(C)n1Cc1ccccc1Cl. The standard InChI is InChI=1S/C24H19Cl2NO3S/c1-14-11-18(15(2)27(14)12-16-7-3-5-9-19(16)25)20(28)13-30-24(29)23-22(26)17-8-4-6-10-21(17)31-23/h3-11H,12-13H2,1-2H3. The highest BCUT2D eigenvalue weighted by Crippen LogP contribution is 2.35. The number of Topliss-reactive ketones (excluding diaryl/α,β-unsaturated/α-hetero) is 1. The lowest BCUT2D eigenvalue weighted by Crippen LogP contribution is -2.15. The lowest BCUT2D eigenvalue weighted by Gasteiger charge is -2.11. The Balaban J connectivity index is 1.49. The van der Waals surface area contributed by atoms with Crippen molar-refractivity contribution in [3.05, 3.63) is 92.0 Å². The van der Waals surface area contributed by atoms with Crippen LogP contribution < -0.4 is 0 Å². The van der Waals surface area contributed by atoms with Crippen LogP contribution in [0.2, 0.25) is 10.0 Å². The third kappa shape index (κ3) is 4.26. The first-order valence-corrected chi connectivity index (χ1v) is 11.2. The Hall–Kier alpha value is -2.60. The predicted molar refractivity (Wildman–Crippen MR) is 126 cm³/mol. The van der Waals surface area contributed by atoms with Gasteiger partial charge in [-0.15, -0.1) is 11.3 Å². The number of ether oxygens (including phenoxy) is 1. The van der Waals surface area contributed by atoms with Crippen molar-refractivity contribution in [2.24, 2.45) is 0 Å². The van der Waals surface area contributed by atoms with Crippen LogP contribution in [0.4, 0.5) is 0 Å². The summed E-state index contributed by atoms with van der Waals surface area (Å²) in [5.41, 5.74) is 3.23. The zero-order chi connectivity index (χ0) is 22.1. The first-order chi connectivity index (χ1) is 14.9. The van der Waals surface area contributed by atoms with Gasteiger partial charge in [-0.05, 0) is 37.6 Å². The second kappa shape index (κ2) is 8.87. The van der Waals surface area contributed by atoms with Crippen LogP contribution in [-0.4, -0.2) is 22.9 Å². The van der Waals surface area contributed by atoms with Gasteiger partial charge in [-0.1, -0.05) is 59.6 Å². The Morgan fingerprint density at radius 3 is 2.48 bits per heavy atom. The van der Waals surface area contributed by atoms with Crippen LogP contribution >= 0.6 is 34.5 Å². The molecule has 4 aromatic rings. The predicted octanol–water partition coefficient (Wildman–Crippen LogP) is 6.71. The molecule has 0 aliphatic heterocycles. The van der Waals surface area contributed by atoms with Crippen molar-refractivity contribution in [3.63, 3.8) is 0 Å². The monoisotopic (exact) mass is 471 g/mol. The molecule has 0 bridgehead atoms. The van der Waals surface area contributed by atoms with Crippen molar-refractivity contribution in [2.45, 2.75) is 20.4 Å². The van der Waals surface area contributed by atoms with Gasteiger partial charge in [0.2, 0.25) is 5.78 Å². The smallest absolute Gasteiger partial charge is 0.350 e. The summed E-state index contributed by atoms with van der Waals surface area (Å²) in [5.74, 6) is -0.853. The summed E-state index contributed by atoms with van der Waals surface area (Å²) in [5, 5.41) is 1.84. The fourth-order valence-electron chi connectivity index (χ4n) is 3.54. The normalized spacial score (nSPS) is 11.1. The van der Waals surface area contributed by atoms with Gasteiger partial charge in [0.25, 0.3) is 0 Å². The Morgan fingerprint density at radius 2 is 1.74 bits per heavy atom. The number of aromatic nitrogens is 1. The Kier molecular flexibility index (Phi) is 6.19. The van der Waals surface area contributed by atoms with Crippen molar-refractivity contribution in [1.29, 1.82) is 0 Å². The summed E-state index contributed by atoms with van der Waals surface area (Å²) in [6.45, 7) is 4.02. The molecule has 0 unspecified atom stereocenters. The number of hydrogen-bond acceptors (Lipinski definition) is 4. The van der Waals surface area contributed by atoms with Crippen molar-refractivity contribution in [1.82, 2.24) is 4.57 Å². The van der Waals surface area contributed by atoms with E-state index in [0.717, 1.165) is 27.0 Å². The van der Waals surface area contributed by atoms with Crippen LogP contribution in [0.1, 0.15) is 37.0 Å². The molecule has 7 heteroatoms. The quantitative estimate of drug-likeness (QED) is 0.231. The van der Waals surface area contributed by atoms with Crippen LogP contribution in [0, 0.1) is 13.8 Å². The first-order valence-electron chi connectivity index (χ1n) is 9.64. The average Bonchev–Trinajstić information content (AvgIpc) is 3.25. The van der Waals surface area contributed by atoms with E-state index in [1.54, 1.807) is 0 Å². The van der Waals surface area contributed by atoms with E-state index in [1.165, 1.54) is 11.3 Å². The van der Waals surface area contributed by atoms with E-state index in [2.05, 4.69) is 0 Å². The number of ketones is 1. The molecule has 0 saturated heterocycles. The summed E-state index contributed by atoms with van der Waals surface area (Å²) in [7, 11) is 0. The molecule has 0 fully saturated rings. The van der Waals surface area contributed by atoms with Crippen molar-refractivity contribution >= 4 is 56.4 Å². The highest BCUT2D eigenvalue weighted by atomic mass is 35.5. The number of esters is 1. The average molecular weight is 472 g/mol. The van der Waals surface area contributed by atoms with Gasteiger partial charge in [0.1, 0.15) is 4.88 Å². The molecule has 0 spiro atoms. The van der Waals surface area contributed by atoms with Crippen molar-refractivity contribution in [3.8, 4) is 0 Å². The molecule has 4 nitrogen and oxygen atoms in total. The van der Waals surface area contributed by atoms with Crippen molar-refractivity contribution in [2.75, 3.05) is 6.61 Å². The minimum absolute atomic E-state index is 0.260. The fourth-order valence-corrected chi connectivity index (χ4v) is 5.14. The molecule has 2 heterocycles.